The summed E-state index contributed by atoms with van der Waals surface area (Å²) in [7, 11) is 0. The van der Waals surface area contributed by atoms with E-state index in [1.807, 2.05) is 6.07 Å². The summed E-state index contributed by atoms with van der Waals surface area (Å²) in [6, 6.07) is 17.7. The van der Waals surface area contributed by atoms with Gasteiger partial charge in [-0.1, -0.05) is 47.5 Å². The van der Waals surface area contributed by atoms with Crippen LogP contribution in [0.4, 0.5) is 17.1 Å². The SMILES string of the molecule is O=C(Cc1ccccc1Nc1c(Cl)cccc1Cl)Oc1ccc([N+](=O)[O-])cc1. The Hall–Kier alpha value is -3.09. The number of anilines is 2. The van der Waals surface area contributed by atoms with Gasteiger partial charge < -0.3 is 10.1 Å². The predicted octanol–water partition coefficient (Wildman–Crippen LogP) is 5.79. The second-order valence-electron chi connectivity index (χ2n) is 5.78. The van der Waals surface area contributed by atoms with Crippen molar-refractivity contribution in [2.75, 3.05) is 5.32 Å². The molecule has 0 saturated carbocycles. The van der Waals surface area contributed by atoms with Crippen LogP contribution in [0.25, 0.3) is 0 Å². The number of nitrogens with zero attached hydrogens (tertiary/aromatic N) is 1. The zero-order valence-electron chi connectivity index (χ0n) is 14.4. The molecular formula is C20H14Cl2N2O4. The molecule has 142 valence electrons. The van der Waals surface area contributed by atoms with Crippen LogP contribution in [0, 0.1) is 10.1 Å². The van der Waals surface area contributed by atoms with Crippen molar-refractivity contribution in [1.82, 2.24) is 0 Å². The number of nitro benzene ring substituents is 1. The van der Waals surface area contributed by atoms with Gasteiger partial charge in [0.1, 0.15) is 5.75 Å². The van der Waals surface area contributed by atoms with E-state index in [-0.39, 0.29) is 17.9 Å². The van der Waals surface area contributed by atoms with Crippen molar-refractivity contribution in [1.29, 1.82) is 0 Å². The highest BCUT2D eigenvalue weighted by Gasteiger charge is 2.13. The van der Waals surface area contributed by atoms with Crippen LogP contribution in [-0.4, -0.2) is 10.9 Å². The summed E-state index contributed by atoms with van der Waals surface area (Å²) in [5.74, 6) is -0.274. The first-order chi connectivity index (χ1) is 13.4. The third-order valence-corrected chi connectivity index (χ3v) is 4.48. The number of benzene rings is 3. The van der Waals surface area contributed by atoms with Gasteiger partial charge in [-0.05, 0) is 35.9 Å². The zero-order chi connectivity index (χ0) is 20.1. The van der Waals surface area contributed by atoms with Crippen LogP contribution >= 0.6 is 23.2 Å². The topological polar surface area (TPSA) is 81.5 Å². The van der Waals surface area contributed by atoms with Gasteiger partial charge in [0.25, 0.3) is 5.69 Å². The molecule has 3 aromatic carbocycles. The molecule has 0 saturated heterocycles. The average molecular weight is 417 g/mol. The molecule has 3 rings (SSSR count). The minimum Gasteiger partial charge on any atom is -0.426 e. The van der Waals surface area contributed by atoms with E-state index in [0.29, 0.717) is 27.0 Å². The highest BCUT2D eigenvalue weighted by Crippen LogP contribution is 2.33. The Kier molecular flexibility index (Phi) is 6.13. The van der Waals surface area contributed by atoms with Gasteiger partial charge in [0.05, 0.1) is 27.1 Å². The van der Waals surface area contributed by atoms with Crippen molar-refractivity contribution < 1.29 is 14.5 Å². The van der Waals surface area contributed by atoms with Crippen LogP contribution in [0.15, 0.2) is 66.7 Å². The lowest BCUT2D eigenvalue weighted by Crippen LogP contribution is -2.12. The molecule has 0 fully saturated rings. The Bertz CT molecular complexity index is 1000. The van der Waals surface area contributed by atoms with Gasteiger partial charge in [-0.3, -0.25) is 14.9 Å². The molecule has 0 heterocycles. The number of esters is 1. The largest absolute Gasteiger partial charge is 0.426 e. The zero-order valence-corrected chi connectivity index (χ0v) is 15.9. The van der Waals surface area contributed by atoms with Crippen LogP contribution in [0.1, 0.15) is 5.56 Å². The molecule has 0 spiro atoms. The molecule has 0 aliphatic carbocycles. The van der Waals surface area contributed by atoms with E-state index in [1.54, 1.807) is 36.4 Å². The molecule has 28 heavy (non-hydrogen) atoms. The summed E-state index contributed by atoms with van der Waals surface area (Å²) in [5.41, 5.74) is 1.82. The maximum atomic E-state index is 12.3. The van der Waals surface area contributed by atoms with Crippen LogP contribution in [0.3, 0.4) is 0 Å². The first-order valence-corrected chi connectivity index (χ1v) is 8.93. The average Bonchev–Trinajstić information content (AvgIpc) is 2.66. The molecule has 3 aromatic rings. The summed E-state index contributed by atoms with van der Waals surface area (Å²) in [6.07, 6.45) is -0.0117. The Balaban J connectivity index is 1.74. The van der Waals surface area contributed by atoms with Crippen molar-refractivity contribution in [3.63, 3.8) is 0 Å². The van der Waals surface area contributed by atoms with Gasteiger partial charge in [-0.2, -0.15) is 0 Å². The van der Waals surface area contributed by atoms with E-state index in [4.69, 9.17) is 27.9 Å². The number of ether oxygens (including phenoxy) is 1. The Morgan fingerprint density at radius 3 is 2.25 bits per heavy atom. The number of hydrogen-bond donors (Lipinski definition) is 1. The summed E-state index contributed by atoms with van der Waals surface area (Å²) >= 11 is 12.4. The van der Waals surface area contributed by atoms with Gasteiger partial charge in [-0.15, -0.1) is 0 Å². The summed E-state index contributed by atoms with van der Waals surface area (Å²) < 4.78 is 5.26. The molecule has 0 bridgehead atoms. The summed E-state index contributed by atoms with van der Waals surface area (Å²) in [6.45, 7) is 0. The highest BCUT2D eigenvalue weighted by molar-refractivity contribution is 6.39. The summed E-state index contributed by atoms with van der Waals surface area (Å²) in [4.78, 5) is 22.5. The van der Waals surface area contributed by atoms with Gasteiger partial charge in [-0.25, -0.2) is 0 Å². The van der Waals surface area contributed by atoms with E-state index in [9.17, 15) is 14.9 Å². The number of carbonyl (C=O) groups is 1. The number of non-ortho nitro benzene ring substituents is 1. The Morgan fingerprint density at radius 2 is 1.61 bits per heavy atom. The van der Waals surface area contributed by atoms with Crippen LogP contribution < -0.4 is 10.1 Å². The van der Waals surface area contributed by atoms with Crippen molar-refractivity contribution in [2.24, 2.45) is 0 Å². The van der Waals surface area contributed by atoms with E-state index in [0.717, 1.165) is 0 Å². The van der Waals surface area contributed by atoms with Crippen LogP contribution in [-0.2, 0) is 11.2 Å². The second kappa shape index (κ2) is 8.73. The van der Waals surface area contributed by atoms with E-state index in [1.165, 1.54) is 24.3 Å². The maximum Gasteiger partial charge on any atom is 0.315 e. The number of halogens is 2. The number of hydrogen-bond acceptors (Lipinski definition) is 5. The highest BCUT2D eigenvalue weighted by atomic mass is 35.5. The van der Waals surface area contributed by atoms with Crippen LogP contribution in [0.2, 0.25) is 10.0 Å². The van der Waals surface area contributed by atoms with Crippen molar-refractivity contribution >= 4 is 46.2 Å². The fourth-order valence-corrected chi connectivity index (χ4v) is 3.00. The first kappa shape index (κ1) is 19.7. The number of para-hydroxylation sites is 2. The van der Waals surface area contributed by atoms with Gasteiger partial charge >= 0.3 is 5.97 Å². The smallest absolute Gasteiger partial charge is 0.315 e. The van der Waals surface area contributed by atoms with E-state index in [2.05, 4.69) is 5.32 Å². The molecular weight excluding hydrogens is 403 g/mol. The molecule has 0 unspecified atom stereocenters. The Labute approximate surface area is 170 Å². The minimum atomic E-state index is -0.520. The lowest BCUT2D eigenvalue weighted by Gasteiger charge is -2.14. The molecule has 0 radical (unpaired) electrons. The number of nitrogens with one attached hydrogen (secondary N) is 1. The monoisotopic (exact) mass is 416 g/mol. The third kappa shape index (κ3) is 4.79. The predicted molar refractivity (Wildman–Crippen MR) is 109 cm³/mol. The van der Waals surface area contributed by atoms with Gasteiger partial charge in [0.15, 0.2) is 0 Å². The molecule has 0 aliphatic heterocycles. The van der Waals surface area contributed by atoms with Gasteiger partial charge in [0.2, 0.25) is 0 Å². The molecule has 0 amide bonds. The van der Waals surface area contributed by atoms with Crippen LogP contribution in [0.5, 0.6) is 5.75 Å². The number of carbonyl (C=O) groups excluding carboxylic acids is 1. The lowest BCUT2D eigenvalue weighted by molar-refractivity contribution is -0.384. The summed E-state index contributed by atoms with van der Waals surface area (Å²) in [5, 5.41) is 14.7. The Morgan fingerprint density at radius 1 is 0.964 bits per heavy atom. The second-order valence-corrected chi connectivity index (χ2v) is 6.60. The first-order valence-electron chi connectivity index (χ1n) is 8.18. The fraction of sp³-hybridized carbons (Fsp3) is 0.0500. The molecule has 6 nitrogen and oxygen atoms in total. The molecule has 8 heteroatoms. The third-order valence-electron chi connectivity index (χ3n) is 3.85. The normalized spacial score (nSPS) is 10.4. The fourth-order valence-electron chi connectivity index (χ4n) is 2.51. The van der Waals surface area contributed by atoms with Crippen molar-refractivity contribution in [3.8, 4) is 5.75 Å². The molecule has 0 aliphatic rings. The minimum absolute atomic E-state index is 0.0117. The number of nitro groups is 1. The van der Waals surface area contributed by atoms with Crippen molar-refractivity contribution in [3.05, 3.63) is 92.5 Å². The van der Waals surface area contributed by atoms with E-state index >= 15 is 0 Å². The molecule has 0 aromatic heterocycles. The quantitative estimate of drug-likeness (QED) is 0.238. The number of rotatable bonds is 6. The van der Waals surface area contributed by atoms with Gasteiger partial charge in [0, 0.05) is 17.8 Å². The maximum absolute atomic E-state index is 12.3. The van der Waals surface area contributed by atoms with Crippen molar-refractivity contribution in [2.45, 2.75) is 6.42 Å². The lowest BCUT2D eigenvalue weighted by atomic mass is 10.1. The van der Waals surface area contributed by atoms with E-state index < -0.39 is 10.9 Å². The molecule has 0 atom stereocenters. The standard InChI is InChI=1S/C20H14Cl2N2O4/c21-16-5-3-6-17(22)20(16)23-18-7-2-1-4-13(18)12-19(25)28-15-10-8-14(9-11-15)24(26)27/h1-11,23H,12H2. The molecule has 1 N–H and O–H groups in total.